The lowest BCUT2D eigenvalue weighted by atomic mass is 10.2. The molecule has 0 unspecified atom stereocenters. The quantitative estimate of drug-likeness (QED) is 0.646. The molecule has 0 N–H and O–H groups in total. The van der Waals surface area contributed by atoms with Gasteiger partial charge in [0.2, 0.25) is 10.0 Å². The third kappa shape index (κ3) is 5.21. The Labute approximate surface area is 174 Å². The predicted molar refractivity (Wildman–Crippen MR) is 102 cm³/mol. The van der Waals surface area contributed by atoms with Crippen LogP contribution in [0.25, 0.3) is 0 Å². The number of amides is 1. The molecule has 1 aromatic heterocycles. The molecule has 0 bridgehead atoms. The molecule has 0 saturated carbocycles. The van der Waals surface area contributed by atoms with Crippen molar-refractivity contribution in [1.82, 2.24) is 14.2 Å². The minimum absolute atomic E-state index is 0.0265. The number of alkyl halides is 3. The Morgan fingerprint density at radius 3 is 2.28 bits per heavy atom. The number of nitrogens with zero attached hydrogens (tertiary/aromatic N) is 3. The molecule has 1 fully saturated rings. The maximum Gasteiger partial charge on any atom is 0.447 e. The maximum absolute atomic E-state index is 12.7. The number of halogens is 4. The third-order valence-electron chi connectivity index (χ3n) is 4.19. The summed E-state index contributed by atoms with van der Waals surface area (Å²) >= 11 is 5.33. The van der Waals surface area contributed by atoms with Crippen LogP contribution in [0.2, 0.25) is 5.02 Å². The number of carbonyl (C=O) groups is 1. The van der Waals surface area contributed by atoms with Crippen LogP contribution in [0.4, 0.5) is 13.2 Å². The molecule has 1 aromatic carbocycles. The van der Waals surface area contributed by atoms with Crippen molar-refractivity contribution in [2.75, 3.05) is 26.2 Å². The lowest BCUT2D eigenvalue weighted by molar-refractivity contribution is -0.0329. The molecule has 1 amide bonds. The number of hydrogen-bond acceptors (Lipinski definition) is 5. The minimum Gasteiger partial charge on any atom is -0.336 e. The van der Waals surface area contributed by atoms with Gasteiger partial charge in [-0.3, -0.25) is 4.79 Å². The molecule has 0 spiro atoms. The van der Waals surface area contributed by atoms with Gasteiger partial charge < -0.3 is 4.90 Å². The van der Waals surface area contributed by atoms with Crippen molar-refractivity contribution in [3.8, 4) is 0 Å². The molecule has 12 heteroatoms. The summed E-state index contributed by atoms with van der Waals surface area (Å²) in [6, 6.07) is 8.39. The summed E-state index contributed by atoms with van der Waals surface area (Å²) < 4.78 is 64.8. The molecule has 3 rings (SSSR count). The molecule has 0 radical (unpaired) electrons. The first-order valence-electron chi connectivity index (χ1n) is 8.34. The molecule has 1 aliphatic rings. The van der Waals surface area contributed by atoms with Crippen LogP contribution in [0.15, 0.2) is 52.5 Å². The molecule has 29 heavy (non-hydrogen) atoms. The lowest BCUT2D eigenvalue weighted by Crippen LogP contribution is -2.50. The molecule has 1 aliphatic heterocycles. The molecule has 6 nitrogen and oxygen atoms in total. The van der Waals surface area contributed by atoms with Gasteiger partial charge in [0.05, 0.1) is 10.5 Å². The zero-order chi connectivity index (χ0) is 21.2. The number of pyridine rings is 1. The van der Waals surface area contributed by atoms with Gasteiger partial charge in [-0.05, 0) is 36.4 Å². The second-order valence-electron chi connectivity index (χ2n) is 6.05. The Hall–Kier alpha value is -1.82. The van der Waals surface area contributed by atoms with E-state index in [9.17, 15) is 26.4 Å². The topological polar surface area (TPSA) is 70.6 Å². The van der Waals surface area contributed by atoms with Gasteiger partial charge in [0.15, 0.2) is 0 Å². The largest absolute Gasteiger partial charge is 0.447 e. The van der Waals surface area contributed by atoms with Crippen LogP contribution in [0.1, 0.15) is 10.4 Å². The highest BCUT2D eigenvalue weighted by Crippen LogP contribution is 2.37. The first-order chi connectivity index (χ1) is 13.6. The SMILES string of the molecule is O=C(c1cccnc1SC(F)(F)F)N1CCN(S(=O)(=O)c2ccc(Cl)cc2)CC1. The van der Waals surface area contributed by atoms with E-state index < -0.39 is 38.2 Å². The van der Waals surface area contributed by atoms with E-state index in [4.69, 9.17) is 11.6 Å². The Kier molecular flexibility index (Phi) is 6.42. The first-order valence-corrected chi connectivity index (χ1v) is 11.0. The smallest absolute Gasteiger partial charge is 0.336 e. The van der Waals surface area contributed by atoms with E-state index in [2.05, 4.69) is 4.98 Å². The summed E-state index contributed by atoms with van der Waals surface area (Å²) in [4.78, 5) is 17.8. The highest BCUT2D eigenvalue weighted by Gasteiger charge is 2.35. The number of thioether (sulfide) groups is 1. The number of hydrogen-bond donors (Lipinski definition) is 0. The first kappa shape index (κ1) is 21.9. The number of sulfonamides is 1. The summed E-state index contributed by atoms with van der Waals surface area (Å²) in [5.41, 5.74) is -4.74. The van der Waals surface area contributed by atoms with Gasteiger partial charge in [-0.25, -0.2) is 13.4 Å². The molecule has 0 aliphatic carbocycles. The van der Waals surface area contributed by atoms with Crippen molar-refractivity contribution in [1.29, 1.82) is 0 Å². The van der Waals surface area contributed by atoms with E-state index in [1.807, 2.05) is 0 Å². The van der Waals surface area contributed by atoms with Gasteiger partial charge in [-0.2, -0.15) is 17.5 Å². The van der Waals surface area contributed by atoms with E-state index in [1.165, 1.54) is 51.8 Å². The van der Waals surface area contributed by atoms with Gasteiger partial charge in [-0.1, -0.05) is 11.6 Å². The summed E-state index contributed by atoms with van der Waals surface area (Å²) in [6.07, 6.45) is 1.18. The fourth-order valence-electron chi connectivity index (χ4n) is 2.80. The lowest BCUT2D eigenvalue weighted by Gasteiger charge is -2.34. The van der Waals surface area contributed by atoms with Gasteiger partial charge in [0, 0.05) is 49.2 Å². The molecule has 2 aromatic rings. The molecule has 1 saturated heterocycles. The number of carbonyl (C=O) groups excluding carboxylic acids is 1. The Balaban J connectivity index is 1.71. The highest BCUT2D eigenvalue weighted by molar-refractivity contribution is 8.00. The van der Waals surface area contributed by atoms with E-state index in [-0.39, 0.29) is 36.6 Å². The monoisotopic (exact) mass is 465 g/mol. The standard InChI is InChI=1S/C17H15ClF3N3O3S2/c18-12-3-5-13(6-4-12)29(26,27)24-10-8-23(9-11-24)16(25)14-2-1-7-22-15(14)28-17(19,20)21/h1-7H,8-11H2. The second-order valence-corrected chi connectivity index (χ2v) is 9.48. The average molecular weight is 466 g/mol. The van der Waals surface area contributed by atoms with Crippen molar-refractivity contribution >= 4 is 39.3 Å². The highest BCUT2D eigenvalue weighted by atomic mass is 35.5. The van der Waals surface area contributed by atoms with Crippen LogP contribution < -0.4 is 0 Å². The van der Waals surface area contributed by atoms with Gasteiger partial charge in [-0.15, -0.1) is 0 Å². The zero-order valence-corrected chi connectivity index (χ0v) is 17.2. The van der Waals surface area contributed by atoms with Crippen molar-refractivity contribution in [3.63, 3.8) is 0 Å². The Morgan fingerprint density at radius 2 is 1.69 bits per heavy atom. The molecular weight excluding hydrogens is 451 g/mol. The average Bonchev–Trinajstić information content (AvgIpc) is 2.67. The van der Waals surface area contributed by atoms with Crippen LogP contribution in [-0.2, 0) is 10.0 Å². The van der Waals surface area contributed by atoms with E-state index >= 15 is 0 Å². The fraction of sp³-hybridized carbons (Fsp3) is 0.294. The van der Waals surface area contributed by atoms with Crippen LogP contribution in [0, 0.1) is 0 Å². The molecule has 2 heterocycles. The van der Waals surface area contributed by atoms with E-state index in [0.29, 0.717) is 5.02 Å². The molecular formula is C17H15ClF3N3O3S2. The maximum atomic E-state index is 12.7. The molecule has 156 valence electrons. The summed E-state index contributed by atoms with van der Waals surface area (Å²) in [5, 5.41) is -0.0235. The Bertz CT molecular complexity index is 993. The normalized spacial score (nSPS) is 16.1. The second kappa shape index (κ2) is 8.50. The van der Waals surface area contributed by atoms with E-state index in [0.717, 1.165) is 0 Å². The number of aromatic nitrogens is 1. The fourth-order valence-corrected chi connectivity index (χ4v) is 4.95. The van der Waals surface area contributed by atoms with Crippen molar-refractivity contribution in [3.05, 3.63) is 53.2 Å². The number of benzene rings is 1. The Morgan fingerprint density at radius 1 is 1.07 bits per heavy atom. The molecule has 0 atom stereocenters. The van der Waals surface area contributed by atoms with Crippen LogP contribution >= 0.6 is 23.4 Å². The van der Waals surface area contributed by atoms with Gasteiger partial charge >= 0.3 is 5.51 Å². The van der Waals surface area contributed by atoms with E-state index in [1.54, 1.807) is 0 Å². The number of piperazine rings is 1. The van der Waals surface area contributed by atoms with Crippen LogP contribution in [0.3, 0.4) is 0 Å². The summed E-state index contributed by atoms with van der Waals surface area (Å²) in [7, 11) is -3.75. The summed E-state index contributed by atoms with van der Waals surface area (Å²) in [6.45, 7) is 0.158. The third-order valence-corrected chi connectivity index (χ3v) is 7.11. The predicted octanol–water partition coefficient (Wildman–Crippen LogP) is 3.49. The van der Waals surface area contributed by atoms with Gasteiger partial charge in [0.1, 0.15) is 5.03 Å². The summed E-state index contributed by atoms with van der Waals surface area (Å²) in [5.74, 6) is -0.617. The van der Waals surface area contributed by atoms with Crippen LogP contribution in [0.5, 0.6) is 0 Å². The van der Waals surface area contributed by atoms with Gasteiger partial charge in [0.25, 0.3) is 5.91 Å². The van der Waals surface area contributed by atoms with Crippen molar-refractivity contribution < 1.29 is 26.4 Å². The number of rotatable bonds is 4. The van der Waals surface area contributed by atoms with Crippen LogP contribution in [-0.4, -0.2) is 60.2 Å². The van der Waals surface area contributed by atoms with Crippen molar-refractivity contribution in [2.24, 2.45) is 0 Å². The zero-order valence-electron chi connectivity index (χ0n) is 14.8. The van der Waals surface area contributed by atoms with Crippen molar-refractivity contribution in [2.45, 2.75) is 15.4 Å². The minimum atomic E-state index is -4.57.